The molecule has 0 bridgehead atoms. The second-order valence-electron chi connectivity index (χ2n) is 4.09. The average Bonchev–Trinajstić information content (AvgIpc) is 2.34. The summed E-state index contributed by atoms with van der Waals surface area (Å²) in [6, 6.07) is 5.32. The zero-order valence-corrected chi connectivity index (χ0v) is 10.9. The molecule has 0 amide bonds. The largest absolute Gasteiger partial charge is 0.376 e. The van der Waals surface area contributed by atoms with Crippen molar-refractivity contribution in [2.45, 2.75) is 18.6 Å². The minimum Gasteiger partial charge on any atom is -0.376 e. The minimum atomic E-state index is -0.117. The molecule has 17 heavy (non-hydrogen) atoms. The molecule has 1 aromatic rings. The molecule has 2 rings (SSSR count). The summed E-state index contributed by atoms with van der Waals surface area (Å²) < 4.78 is 10.9. The van der Waals surface area contributed by atoms with Crippen LogP contribution in [-0.2, 0) is 15.9 Å². The van der Waals surface area contributed by atoms with Crippen molar-refractivity contribution >= 4 is 23.2 Å². The number of hydrogen-bond acceptors (Lipinski definition) is 3. The normalized spacial score (nSPS) is 22.4. The maximum atomic E-state index is 6.10. The average molecular weight is 276 g/mol. The van der Waals surface area contributed by atoms with Gasteiger partial charge in [0.1, 0.15) is 0 Å². The van der Waals surface area contributed by atoms with Crippen molar-refractivity contribution in [1.29, 1.82) is 0 Å². The fraction of sp³-hybridized carbons (Fsp3) is 0.500. The van der Waals surface area contributed by atoms with Crippen LogP contribution in [0.3, 0.4) is 0 Å². The number of ether oxygens (including phenoxy) is 2. The van der Waals surface area contributed by atoms with Gasteiger partial charge in [-0.3, -0.25) is 0 Å². The number of hydrogen-bond donors (Lipinski definition) is 1. The Kier molecular flexibility index (Phi) is 4.65. The Bertz CT molecular complexity index is 381. The molecule has 1 aliphatic heterocycles. The predicted octanol–water partition coefficient (Wildman–Crippen LogP) is 2.28. The van der Waals surface area contributed by atoms with Crippen LogP contribution in [0.4, 0.5) is 0 Å². The highest BCUT2D eigenvalue weighted by molar-refractivity contribution is 6.35. The van der Waals surface area contributed by atoms with Crippen LogP contribution >= 0.6 is 23.2 Å². The molecule has 1 heterocycles. The first-order valence-corrected chi connectivity index (χ1v) is 6.31. The van der Waals surface area contributed by atoms with Crippen LogP contribution < -0.4 is 5.73 Å². The molecule has 0 saturated carbocycles. The first-order valence-electron chi connectivity index (χ1n) is 5.55. The van der Waals surface area contributed by atoms with E-state index in [1.807, 2.05) is 12.1 Å². The molecule has 0 aromatic heterocycles. The molecule has 1 aliphatic rings. The van der Waals surface area contributed by atoms with Crippen LogP contribution in [0.5, 0.6) is 0 Å². The van der Waals surface area contributed by atoms with E-state index < -0.39 is 0 Å². The van der Waals surface area contributed by atoms with Gasteiger partial charge in [-0.05, 0) is 24.1 Å². The van der Waals surface area contributed by atoms with E-state index in [2.05, 4.69) is 0 Å². The zero-order valence-electron chi connectivity index (χ0n) is 9.36. The molecule has 94 valence electrons. The van der Waals surface area contributed by atoms with Gasteiger partial charge < -0.3 is 15.2 Å². The van der Waals surface area contributed by atoms with Crippen LogP contribution in [-0.4, -0.2) is 32.0 Å². The lowest BCUT2D eigenvalue weighted by Crippen LogP contribution is -2.44. The van der Waals surface area contributed by atoms with Crippen molar-refractivity contribution in [3.05, 3.63) is 33.8 Å². The predicted molar refractivity (Wildman–Crippen MR) is 68.7 cm³/mol. The standard InChI is InChI=1S/C12H15Cl2NO2/c13-9-2-1-8(10(14)6-9)5-11(15)12-7-16-3-4-17-12/h1-2,6,11-12H,3-5,7,15H2. The summed E-state index contributed by atoms with van der Waals surface area (Å²) >= 11 is 11.9. The van der Waals surface area contributed by atoms with Gasteiger partial charge in [-0.15, -0.1) is 0 Å². The lowest BCUT2D eigenvalue weighted by Gasteiger charge is -2.28. The molecule has 1 fully saturated rings. The van der Waals surface area contributed by atoms with E-state index in [4.69, 9.17) is 38.4 Å². The maximum Gasteiger partial charge on any atom is 0.0963 e. The zero-order chi connectivity index (χ0) is 12.3. The summed E-state index contributed by atoms with van der Waals surface area (Å²) in [4.78, 5) is 0. The van der Waals surface area contributed by atoms with Gasteiger partial charge in [0.25, 0.3) is 0 Å². The van der Waals surface area contributed by atoms with E-state index in [9.17, 15) is 0 Å². The van der Waals surface area contributed by atoms with Crippen LogP contribution in [0.2, 0.25) is 10.0 Å². The van der Waals surface area contributed by atoms with Crippen molar-refractivity contribution in [2.24, 2.45) is 5.73 Å². The second-order valence-corrected chi connectivity index (χ2v) is 4.93. The summed E-state index contributed by atoms with van der Waals surface area (Å²) in [5.41, 5.74) is 7.07. The smallest absolute Gasteiger partial charge is 0.0963 e. The molecule has 0 aliphatic carbocycles. The van der Waals surface area contributed by atoms with E-state index >= 15 is 0 Å². The molecule has 2 N–H and O–H groups in total. The quantitative estimate of drug-likeness (QED) is 0.921. The van der Waals surface area contributed by atoms with Crippen molar-refractivity contribution in [2.75, 3.05) is 19.8 Å². The molecule has 1 aromatic carbocycles. The van der Waals surface area contributed by atoms with Gasteiger partial charge in [-0.2, -0.15) is 0 Å². The van der Waals surface area contributed by atoms with E-state index in [1.54, 1.807) is 6.07 Å². The Morgan fingerprint density at radius 1 is 1.35 bits per heavy atom. The van der Waals surface area contributed by atoms with Gasteiger partial charge in [-0.1, -0.05) is 29.3 Å². The molecule has 0 radical (unpaired) electrons. The molecule has 1 saturated heterocycles. The maximum absolute atomic E-state index is 6.10. The van der Waals surface area contributed by atoms with Gasteiger partial charge >= 0.3 is 0 Å². The summed E-state index contributed by atoms with van der Waals surface area (Å²) in [5, 5.41) is 1.27. The Labute approximate surface area is 111 Å². The van der Waals surface area contributed by atoms with Crippen molar-refractivity contribution in [3.63, 3.8) is 0 Å². The van der Waals surface area contributed by atoms with Crippen LogP contribution in [0.15, 0.2) is 18.2 Å². The van der Waals surface area contributed by atoms with E-state index in [1.165, 1.54) is 0 Å². The highest BCUT2D eigenvalue weighted by Gasteiger charge is 2.22. The first kappa shape index (κ1) is 13.1. The fourth-order valence-electron chi connectivity index (χ4n) is 1.83. The van der Waals surface area contributed by atoms with Crippen LogP contribution in [0.1, 0.15) is 5.56 Å². The first-order chi connectivity index (χ1) is 8.16. The third-order valence-electron chi connectivity index (χ3n) is 2.79. The Morgan fingerprint density at radius 3 is 2.82 bits per heavy atom. The van der Waals surface area contributed by atoms with E-state index in [0.29, 0.717) is 36.3 Å². The van der Waals surface area contributed by atoms with Gasteiger partial charge in [0.05, 0.1) is 25.9 Å². The van der Waals surface area contributed by atoms with Crippen LogP contribution in [0, 0.1) is 0 Å². The van der Waals surface area contributed by atoms with Gasteiger partial charge in [0.2, 0.25) is 0 Å². The van der Waals surface area contributed by atoms with Crippen molar-refractivity contribution < 1.29 is 9.47 Å². The molecule has 3 nitrogen and oxygen atoms in total. The topological polar surface area (TPSA) is 44.5 Å². The number of nitrogens with two attached hydrogens (primary N) is 1. The molecular formula is C12H15Cl2NO2. The fourth-order valence-corrected chi connectivity index (χ4v) is 2.31. The molecule has 2 unspecified atom stereocenters. The summed E-state index contributed by atoms with van der Waals surface area (Å²) in [7, 11) is 0. The number of benzene rings is 1. The number of rotatable bonds is 3. The van der Waals surface area contributed by atoms with Crippen molar-refractivity contribution in [1.82, 2.24) is 0 Å². The number of halogens is 2. The molecular weight excluding hydrogens is 261 g/mol. The van der Waals surface area contributed by atoms with Gasteiger partial charge in [-0.25, -0.2) is 0 Å². The monoisotopic (exact) mass is 275 g/mol. The Morgan fingerprint density at radius 2 is 2.18 bits per heavy atom. The molecule has 0 spiro atoms. The van der Waals surface area contributed by atoms with E-state index in [-0.39, 0.29) is 12.1 Å². The third kappa shape index (κ3) is 3.57. The van der Waals surface area contributed by atoms with Gasteiger partial charge in [0, 0.05) is 16.1 Å². The highest BCUT2D eigenvalue weighted by atomic mass is 35.5. The lowest BCUT2D eigenvalue weighted by atomic mass is 10.0. The van der Waals surface area contributed by atoms with Crippen molar-refractivity contribution in [3.8, 4) is 0 Å². The second kappa shape index (κ2) is 6.03. The summed E-state index contributed by atoms with van der Waals surface area (Å²) in [6.07, 6.45) is 0.597. The molecule has 2 atom stereocenters. The molecule has 5 heteroatoms. The SMILES string of the molecule is NC(Cc1ccc(Cl)cc1Cl)C1COCCO1. The lowest BCUT2D eigenvalue weighted by molar-refractivity contribution is -0.0967. The summed E-state index contributed by atoms with van der Waals surface area (Å²) in [5.74, 6) is 0. The minimum absolute atomic E-state index is 0.0597. The third-order valence-corrected chi connectivity index (χ3v) is 3.38. The summed E-state index contributed by atoms with van der Waals surface area (Å²) in [6.45, 7) is 1.80. The Balaban J connectivity index is 1.99. The highest BCUT2D eigenvalue weighted by Crippen LogP contribution is 2.22. The Hall–Kier alpha value is -0.320. The van der Waals surface area contributed by atoms with Gasteiger partial charge in [0.15, 0.2) is 0 Å². The van der Waals surface area contributed by atoms with Crippen LogP contribution in [0.25, 0.3) is 0 Å². The van der Waals surface area contributed by atoms with E-state index in [0.717, 1.165) is 5.56 Å².